The van der Waals surface area contributed by atoms with Crippen molar-refractivity contribution in [1.82, 2.24) is 10.2 Å². The van der Waals surface area contributed by atoms with Crippen LogP contribution < -0.4 is 0 Å². The molecule has 1 rings (SSSR count). The van der Waals surface area contributed by atoms with E-state index in [0.717, 1.165) is 30.6 Å². The molecule has 0 saturated heterocycles. The summed E-state index contributed by atoms with van der Waals surface area (Å²) in [6.07, 6.45) is 2.58. The Labute approximate surface area is 115 Å². The predicted molar refractivity (Wildman–Crippen MR) is 73.0 cm³/mol. The average molecular weight is 310 g/mol. The summed E-state index contributed by atoms with van der Waals surface area (Å²) in [7, 11) is -3.35. The molecule has 0 spiro atoms. The maximum absolute atomic E-state index is 12.2. The summed E-state index contributed by atoms with van der Waals surface area (Å²) in [5.41, 5.74) is 0. The van der Waals surface area contributed by atoms with E-state index >= 15 is 0 Å². The second-order valence-electron chi connectivity index (χ2n) is 3.85. The van der Waals surface area contributed by atoms with Gasteiger partial charge < -0.3 is 4.55 Å². The van der Waals surface area contributed by atoms with Gasteiger partial charge in [0.2, 0.25) is 14.2 Å². The van der Waals surface area contributed by atoms with Crippen molar-refractivity contribution in [2.24, 2.45) is 0 Å². The third kappa shape index (κ3) is 3.66. The first kappa shape index (κ1) is 15.9. The highest BCUT2D eigenvalue weighted by molar-refractivity contribution is 7.96. The summed E-state index contributed by atoms with van der Waals surface area (Å²) in [6, 6.07) is 0. The number of hydrogen-bond acceptors (Lipinski definition) is 6. The van der Waals surface area contributed by atoms with E-state index in [9.17, 15) is 13.0 Å². The van der Waals surface area contributed by atoms with E-state index in [1.807, 2.05) is 13.8 Å². The van der Waals surface area contributed by atoms with E-state index in [0.29, 0.717) is 4.34 Å². The van der Waals surface area contributed by atoms with E-state index < -0.39 is 21.0 Å². The van der Waals surface area contributed by atoms with Gasteiger partial charge >= 0.3 is 4.34 Å². The number of hydrogen-bond donors (Lipinski definition) is 0. The lowest BCUT2D eigenvalue weighted by molar-refractivity contribution is 0.561. The minimum Gasteiger partial charge on any atom is -0.609 e. The minimum atomic E-state index is -3.35. The summed E-state index contributed by atoms with van der Waals surface area (Å²) in [5.74, 6) is -0.0135. The highest BCUT2D eigenvalue weighted by atomic mass is 32.3. The summed E-state index contributed by atoms with van der Waals surface area (Å²) in [4.78, 5) is 0. The van der Waals surface area contributed by atoms with E-state index in [4.69, 9.17) is 0 Å². The zero-order valence-corrected chi connectivity index (χ0v) is 13.2. The molecule has 5 nitrogen and oxygen atoms in total. The number of nitrogens with zero attached hydrogens (tertiary/aromatic N) is 2. The zero-order valence-electron chi connectivity index (χ0n) is 10.7. The van der Waals surface area contributed by atoms with Crippen LogP contribution in [0.4, 0.5) is 0 Å². The Bertz CT molecular complexity index is 472. The lowest BCUT2D eigenvalue weighted by atomic mass is 10.2. The second kappa shape index (κ2) is 6.83. The normalized spacial score (nSPS) is 15.6. The predicted octanol–water partition coefficient (Wildman–Crippen LogP) is 2.02. The van der Waals surface area contributed by atoms with Gasteiger partial charge in [-0.1, -0.05) is 32.3 Å². The fourth-order valence-electron chi connectivity index (χ4n) is 1.45. The SMILES string of the molecule is CCCC(CC)[S+]([O-])c1nnc(S(=O)(=O)CC)s1. The fraction of sp³-hybridized carbons (Fsp3) is 0.800. The van der Waals surface area contributed by atoms with Crippen molar-refractivity contribution < 1.29 is 13.0 Å². The van der Waals surface area contributed by atoms with Crippen LogP contribution in [0.3, 0.4) is 0 Å². The van der Waals surface area contributed by atoms with Crippen molar-refractivity contribution in [2.75, 3.05) is 5.75 Å². The van der Waals surface area contributed by atoms with Crippen LogP contribution in [0, 0.1) is 0 Å². The molecule has 0 aromatic carbocycles. The molecule has 0 amide bonds. The van der Waals surface area contributed by atoms with Crippen LogP contribution in [0.15, 0.2) is 8.68 Å². The molecule has 0 aliphatic rings. The Kier molecular flexibility index (Phi) is 6.03. The molecule has 0 fully saturated rings. The fourth-order valence-corrected chi connectivity index (χ4v) is 5.57. The van der Waals surface area contributed by atoms with Gasteiger partial charge in [-0.3, -0.25) is 0 Å². The first-order valence-corrected chi connectivity index (χ1v) is 9.61. The summed E-state index contributed by atoms with van der Waals surface area (Å²) in [6.45, 7) is 5.56. The molecule has 1 heterocycles. The average Bonchev–Trinajstić information content (AvgIpc) is 2.85. The molecular weight excluding hydrogens is 292 g/mol. The quantitative estimate of drug-likeness (QED) is 0.719. The van der Waals surface area contributed by atoms with E-state index in [-0.39, 0.29) is 15.3 Å². The summed E-state index contributed by atoms with van der Waals surface area (Å²) in [5, 5.41) is 7.44. The monoisotopic (exact) mass is 310 g/mol. The van der Waals surface area contributed by atoms with E-state index in [2.05, 4.69) is 10.2 Å². The van der Waals surface area contributed by atoms with Gasteiger partial charge in [-0.25, -0.2) is 8.42 Å². The molecule has 0 aliphatic heterocycles. The van der Waals surface area contributed by atoms with Crippen molar-refractivity contribution in [3.05, 3.63) is 0 Å². The lowest BCUT2D eigenvalue weighted by Crippen LogP contribution is -2.20. The van der Waals surface area contributed by atoms with Crippen molar-refractivity contribution in [2.45, 2.75) is 54.0 Å². The van der Waals surface area contributed by atoms with Gasteiger partial charge in [-0.05, 0) is 24.2 Å². The molecule has 2 atom stereocenters. The van der Waals surface area contributed by atoms with Crippen LogP contribution in [-0.4, -0.2) is 34.2 Å². The molecule has 0 radical (unpaired) electrons. The highest BCUT2D eigenvalue weighted by Crippen LogP contribution is 2.26. The van der Waals surface area contributed by atoms with Crippen molar-refractivity contribution >= 4 is 32.3 Å². The van der Waals surface area contributed by atoms with Crippen LogP contribution in [0.25, 0.3) is 0 Å². The Morgan fingerprint density at radius 1 is 1.33 bits per heavy atom. The third-order valence-corrected chi connectivity index (χ3v) is 7.82. The summed E-state index contributed by atoms with van der Waals surface area (Å²) < 4.78 is 35.7. The molecule has 1 aromatic heterocycles. The van der Waals surface area contributed by atoms with Gasteiger partial charge in [0.05, 0.1) is 5.75 Å². The lowest BCUT2D eigenvalue weighted by Gasteiger charge is -2.16. The molecule has 2 unspecified atom stereocenters. The number of rotatable bonds is 7. The first-order valence-electron chi connectivity index (χ1n) is 5.93. The topological polar surface area (TPSA) is 83.0 Å². The standard InChI is InChI=1S/C10H18N2O3S3/c1-4-7-8(5-2)17(13)9-11-12-10(16-9)18(14,15)6-3/h8H,4-7H2,1-3H3. The van der Waals surface area contributed by atoms with Crippen molar-refractivity contribution in [1.29, 1.82) is 0 Å². The molecule has 0 bridgehead atoms. The van der Waals surface area contributed by atoms with E-state index in [1.165, 1.54) is 0 Å². The maximum atomic E-state index is 12.2. The summed E-state index contributed by atoms with van der Waals surface area (Å²) >= 11 is -0.325. The van der Waals surface area contributed by atoms with Gasteiger partial charge in [-0.2, -0.15) is 0 Å². The Hall–Kier alpha value is -0.180. The molecule has 1 aromatic rings. The van der Waals surface area contributed by atoms with Gasteiger partial charge in [-0.15, -0.1) is 5.10 Å². The van der Waals surface area contributed by atoms with Gasteiger partial charge in [0.25, 0.3) is 0 Å². The Morgan fingerprint density at radius 2 is 2.00 bits per heavy atom. The van der Waals surface area contributed by atoms with Crippen LogP contribution in [-0.2, 0) is 21.0 Å². The Morgan fingerprint density at radius 3 is 2.50 bits per heavy atom. The maximum Gasteiger partial charge on any atom is 0.323 e. The smallest absolute Gasteiger partial charge is 0.323 e. The zero-order chi connectivity index (χ0) is 13.8. The molecule has 0 N–H and O–H groups in total. The van der Waals surface area contributed by atoms with Crippen molar-refractivity contribution in [3.8, 4) is 0 Å². The molecule has 104 valence electrons. The van der Waals surface area contributed by atoms with Crippen LogP contribution in [0.1, 0.15) is 40.0 Å². The van der Waals surface area contributed by atoms with Crippen molar-refractivity contribution in [3.63, 3.8) is 0 Å². The van der Waals surface area contributed by atoms with Gasteiger partial charge in [0, 0.05) is 11.2 Å². The number of aromatic nitrogens is 2. The number of sulfone groups is 1. The van der Waals surface area contributed by atoms with E-state index in [1.54, 1.807) is 6.92 Å². The molecular formula is C10H18N2O3S3. The molecule has 8 heteroatoms. The van der Waals surface area contributed by atoms with Gasteiger partial charge in [0.1, 0.15) is 5.25 Å². The third-order valence-electron chi connectivity index (χ3n) is 2.57. The second-order valence-corrected chi connectivity index (χ2v) is 9.19. The molecule has 0 saturated carbocycles. The Balaban J connectivity index is 2.91. The van der Waals surface area contributed by atoms with Gasteiger partial charge in [0.15, 0.2) is 0 Å². The van der Waals surface area contributed by atoms with Crippen LogP contribution in [0.5, 0.6) is 0 Å². The highest BCUT2D eigenvalue weighted by Gasteiger charge is 2.29. The first-order chi connectivity index (χ1) is 8.46. The largest absolute Gasteiger partial charge is 0.609 e. The van der Waals surface area contributed by atoms with Crippen LogP contribution >= 0.6 is 11.3 Å². The molecule has 18 heavy (non-hydrogen) atoms. The minimum absolute atomic E-state index is 0.0135. The molecule has 0 aliphatic carbocycles. The van der Waals surface area contributed by atoms with Crippen LogP contribution in [0.2, 0.25) is 0 Å².